The second kappa shape index (κ2) is 4.56. The number of hydrogen-bond donors (Lipinski definition) is 2. The Balaban J connectivity index is 2.14. The molecule has 0 saturated heterocycles. The third-order valence-electron chi connectivity index (χ3n) is 2.01. The number of amides is 1. The third kappa shape index (κ3) is 2.54. The van der Waals surface area contributed by atoms with Crippen molar-refractivity contribution in [1.82, 2.24) is 25.2 Å². The van der Waals surface area contributed by atoms with Crippen molar-refractivity contribution in [2.24, 2.45) is 7.05 Å². The molecule has 2 N–H and O–H groups in total. The molecule has 0 aliphatic rings. The Labute approximate surface area is 97.0 Å². The smallest absolute Gasteiger partial charge is 0.276 e. The number of aryl methyl sites for hydroxylation is 1. The number of carbonyl (C=O) groups excluding carboxylic acids is 1. The van der Waals surface area contributed by atoms with Crippen LogP contribution >= 0.6 is 0 Å². The van der Waals surface area contributed by atoms with Gasteiger partial charge in [0.1, 0.15) is 5.69 Å². The molecule has 17 heavy (non-hydrogen) atoms. The van der Waals surface area contributed by atoms with E-state index in [0.29, 0.717) is 0 Å². The molecule has 0 unspecified atom stereocenters. The van der Waals surface area contributed by atoms with E-state index in [-0.39, 0.29) is 17.5 Å². The third-order valence-corrected chi connectivity index (χ3v) is 2.01. The van der Waals surface area contributed by atoms with Crippen LogP contribution in [0.5, 0.6) is 0 Å². The van der Waals surface area contributed by atoms with E-state index in [2.05, 4.69) is 31.0 Å². The topological polar surface area (TPSA) is 97.6 Å². The predicted molar refractivity (Wildman–Crippen MR) is 60.5 cm³/mol. The van der Waals surface area contributed by atoms with E-state index >= 15 is 0 Å². The maximum Gasteiger partial charge on any atom is 0.276 e. The van der Waals surface area contributed by atoms with Crippen molar-refractivity contribution >= 4 is 17.5 Å². The molecule has 88 valence electrons. The van der Waals surface area contributed by atoms with Crippen molar-refractivity contribution in [3.8, 4) is 0 Å². The minimum absolute atomic E-state index is 0.147. The first-order chi connectivity index (χ1) is 8.19. The molecule has 2 aromatic heterocycles. The van der Waals surface area contributed by atoms with E-state index in [0.717, 1.165) is 5.69 Å². The van der Waals surface area contributed by atoms with E-state index < -0.39 is 0 Å². The molecule has 0 spiro atoms. The molecule has 8 heteroatoms. The zero-order chi connectivity index (χ0) is 12.3. The van der Waals surface area contributed by atoms with Crippen LogP contribution < -0.4 is 10.6 Å². The van der Waals surface area contributed by atoms with Gasteiger partial charge in [-0.25, -0.2) is 0 Å². The van der Waals surface area contributed by atoms with E-state index in [1.54, 1.807) is 32.4 Å². The van der Waals surface area contributed by atoms with Gasteiger partial charge in [0.05, 0.1) is 7.05 Å². The largest absolute Gasteiger partial charge is 0.388 e. The fraction of sp³-hybridized carbons (Fsp3) is 0.222. The molecule has 0 aromatic carbocycles. The monoisotopic (exact) mass is 233 g/mol. The van der Waals surface area contributed by atoms with E-state index in [1.165, 1.54) is 4.80 Å². The first-order valence-corrected chi connectivity index (χ1v) is 4.88. The van der Waals surface area contributed by atoms with Gasteiger partial charge in [-0.3, -0.25) is 15.1 Å². The normalized spacial score (nSPS) is 10.0. The summed E-state index contributed by atoms with van der Waals surface area (Å²) < 4.78 is 0. The van der Waals surface area contributed by atoms with Crippen LogP contribution in [-0.2, 0) is 7.05 Å². The summed E-state index contributed by atoms with van der Waals surface area (Å²) >= 11 is 0. The number of tetrazole rings is 1. The van der Waals surface area contributed by atoms with Crippen molar-refractivity contribution in [1.29, 1.82) is 0 Å². The molecule has 8 nitrogen and oxygen atoms in total. The van der Waals surface area contributed by atoms with Gasteiger partial charge in [-0.15, -0.1) is 5.10 Å². The lowest BCUT2D eigenvalue weighted by Crippen LogP contribution is -2.15. The molecular formula is C9H11N7O. The Morgan fingerprint density at radius 1 is 1.47 bits per heavy atom. The maximum atomic E-state index is 11.8. The first kappa shape index (κ1) is 11.0. The van der Waals surface area contributed by atoms with Crippen LogP contribution in [0.4, 0.5) is 11.6 Å². The zero-order valence-corrected chi connectivity index (χ0v) is 9.38. The number of hydrogen-bond acceptors (Lipinski definition) is 6. The Kier molecular flexibility index (Phi) is 2.95. The molecule has 0 aliphatic heterocycles. The molecule has 0 atom stereocenters. The van der Waals surface area contributed by atoms with Gasteiger partial charge >= 0.3 is 0 Å². The summed E-state index contributed by atoms with van der Waals surface area (Å²) in [6, 6.07) is 3.39. The minimum atomic E-state index is -0.380. The van der Waals surface area contributed by atoms with Crippen LogP contribution in [0.1, 0.15) is 10.5 Å². The summed E-state index contributed by atoms with van der Waals surface area (Å²) in [4.78, 5) is 17.0. The van der Waals surface area contributed by atoms with Crippen molar-refractivity contribution in [2.75, 3.05) is 17.7 Å². The molecule has 0 radical (unpaired) electrons. The summed E-state index contributed by atoms with van der Waals surface area (Å²) in [5.41, 5.74) is 1.08. The van der Waals surface area contributed by atoms with Crippen molar-refractivity contribution in [2.45, 2.75) is 0 Å². The lowest BCUT2D eigenvalue weighted by Gasteiger charge is -2.02. The lowest BCUT2D eigenvalue weighted by molar-refractivity contribution is 0.102. The Morgan fingerprint density at radius 3 is 2.94 bits per heavy atom. The molecule has 2 heterocycles. The van der Waals surface area contributed by atoms with Crippen LogP contribution in [0.25, 0.3) is 0 Å². The Morgan fingerprint density at radius 2 is 2.29 bits per heavy atom. The van der Waals surface area contributed by atoms with E-state index in [9.17, 15) is 4.79 Å². The number of nitrogens with zero attached hydrogens (tertiary/aromatic N) is 5. The number of anilines is 2. The quantitative estimate of drug-likeness (QED) is 0.768. The van der Waals surface area contributed by atoms with Gasteiger partial charge in [0, 0.05) is 18.9 Å². The summed E-state index contributed by atoms with van der Waals surface area (Å²) in [6.45, 7) is 0. The lowest BCUT2D eigenvalue weighted by atomic mass is 10.3. The first-order valence-electron chi connectivity index (χ1n) is 4.88. The van der Waals surface area contributed by atoms with Gasteiger partial charge in [0.25, 0.3) is 11.9 Å². The zero-order valence-electron chi connectivity index (χ0n) is 9.38. The highest BCUT2D eigenvalue weighted by molar-refractivity contribution is 6.02. The standard InChI is InChI=1S/C9H11N7O/c1-10-6-3-4-11-7(5-6)8(17)12-9-13-15-16(2)14-9/h3-5H,1-2H3,(H,10,11)(H,12,14,17). The van der Waals surface area contributed by atoms with Crippen LogP contribution in [-0.4, -0.2) is 38.1 Å². The molecule has 0 aliphatic carbocycles. The molecule has 0 fully saturated rings. The average molecular weight is 233 g/mol. The molecular weight excluding hydrogens is 222 g/mol. The van der Waals surface area contributed by atoms with Gasteiger partial charge in [0.15, 0.2) is 0 Å². The number of pyridine rings is 1. The molecule has 1 amide bonds. The van der Waals surface area contributed by atoms with Gasteiger partial charge in [-0.2, -0.15) is 4.80 Å². The highest BCUT2D eigenvalue weighted by atomic mass is 16.2. The van der Waals surface area contributed by atoms with Crippen LogP contribution in [0.3, 0.4) is 0 Å². The molecule has 2 rings (SSSR count). The fourth-order valence-electron chi connectivity index (χ4n) is 1.21. The Hall–Kier alpha value is -2.51. The second-order valence-corrected chi connectivity index (χ2v) is 3.24. The predicted octanol–water partition coefficient (Wildman–Crippen LogP) is -0.101. The van der Waals surface area contributed by atoms with Crippen LogP contribution in [0, 0.1) is 0 Å². The Bertz CT molecular complexity index is 536. The highest BCUT2D eigenvalue weighted by Crippen LogP contribution is 2.07. The maximum absolute atomic E-state index is 11.8. The molecule has 2 aromatic rings. The van der Waals surface area contributed by atoms with Crippen molar-refractivity contribution in [3.63, 3.8) is 0 Å². The summed E-state index contributed by atoms with van der Waals surface area (Å²) in [7, 11) is 3.38. The number of nitrogens with one attached hydrogen (secondary N) is 2. The van der Waals surface area contributed by atoms with Gasteiger partial charge in [0.2, 0.25) is 0 Å². The highest BCUT2D eigenvalue weighted by Gasteiger charge is 2.10. The summed E-state index contributed by atoms with van der Waals surface area (Å²) in [5, 5.41) is 16.5. The number of aromatic nitrogens is 5. The molecule has 0 bridgehead atoms. The fourth-order valence-corrected chi connectivity index (χ4v) is 1.21. The number of carbonyl (C=O) groups is 1. The SMILES string of the molecule is CNc1ccnc(C(=O)Nc2nnn(C)n2)c1. The van der Waals surface area contributed by atoms with Crippen molar-refractivity contribution in [3.05, 3.63) is 24.0 Å². The summed E-state index contributed by atoms with van der Waals surface area (Å²) in [6.07, 6.45) is 1.55. The van der Waals surface area contributed by atoms with Crippen LogP contribution in [0.15, 0.2) is 18.3 Å². The van der Waals surface area contributed by atoms with E-state index in [4.69, 9.17) is 0 Å². The number of rotatable bonds is 3. The average Bonchev–Trinajstić information content (AvgIpc) is 2.75. The van der Waals surface area contributed by atoms with Gasteiger partial charge < -0.3 is 5.32 Å². The van der Waals surface area contributed by atoms with Gasteiger partial charge in [-0.1, -0.05) is 5.10 Å². The van der Waals surface area contributed by atoms with Crippen LogP contribution in [0.2, 0.25) is 0 Å². The second-order valence-electron chi connectivity index (χ2n) is 3.24. The van der Waals surface area contributed by atoms with Crippen molar-refractivity contribution < 1.29 is 4.79 Å². The van der Waals surface area contributed by atoms with Gasteiger partial charge in [-0.05, 0) is 17.3 Å². The van der Waals surface area contributed by atoms with E-state index in [1.807, 2.05) is 0 Å². The molecule has 0 saturated carbocycles. The summed E-state index contributed by atoms with van der Waals surface area (Å²) in [5.74, 6) is -0.232. The minimum Gasteiger partial charge on any atom is -0.388 e.